The number of amides is 1. The summed E-state index contributed by atoms with van der Waals surface area (Å²) in [5.41, 5.74) is 4.26. The summed E-state index contributed by atoms with van der Waals surface area (Å²) in [5.74, 6) is -0.110. The van der Waals surface area contributed by atoms with Gasteiger partial charge in [-0.3, -0.25) is 4.79 Å². The Labute approximate surface area is 233 Å². The summed E-state index contributed by atoms with van der Waals surface area (Å²) in [6.45, 7) is 8.28. The number of ether oxygens (including phenoxy) is 1. The molecular weight excluding hydrogens is 678 g/mol. The summed E-state index contributed by atoms with van der Waals surface area (Å²) in [5, 5.41) is 3.04. The van der Waals surface area contributed by atoms with Crippen molar-refractivity contribution in [3.8, 4) is 0 Å². The highest BCUT2D eigenvalue weighted by Crippen LogP contribution is 2.31. The van der Waals surface area contributed by atoms with E-state index in [9.17, 15) is 13.6 Å². The molecule has 2 aliphatic rings. The number of halogens is 4. The lowest BCUT2D eigenvalue weighted by Gasteiger charge is -2.25. The maximum Gasteiger partial charge on any atom is 0.255 e. The first-order valence-corrected chi connectivity index (χ1v) is 13.5. The van der Waals surface area contributed by atoms with E-state index in [0.29, 0.717) is 25.1 Å². The zero-order valence-corrected chi connectivity index (χ0v) is 24.5. The van der Waals surface area contributed by atoms with E-state index in [1.807, 2.05) is 48.5 Å². The molecule has 0 aliphatic carbocycles. The van der Waals surface area contributed by atoms with Gasteiger partial charge in [-0.05, 0) is 93.1 Å². The third kappa shape index (κ3) is 7.75. The number of alkyl halides is 4. The van der Waals surface area contributed by atoms with Gasteiger partial charge in [0.2, 0.25) is 0 Å². The normalized spacial score (nSPS) is 21.3. The molecule has 190 valence electrons. The number of carbonyl (C=O) groups excluding carboxylic acids is 1. The smallest absolute Gasteiger partial charge is 0.255 e. The van der Waals surface area contributed by atoms with Crippen molar-refractivity contribution in [2.24, 2.45) is 0 Å². The number of nitrogens with zero attached hydrogens (tertiary/aromatic N) is 2. The van der Waals surface area contributed by atoms with Crippen molar-refractivity contribution in [1.82, 2.24) is 15.1 Å². The Morgan fingerprint density at radius 2 is 2.03 bits per heavy atom. The number of dihydropyridines is 1. The summed E-state index contributed by atoms with van der Waals surface area (Å²) in [6, 6.07) is 7.91. The molecule has 2 unspecified atom stereocenters. The van der Waals surface area contributed by atoms with Crippen molar-refractivity contribution in [1.29, 1.82) is 0 Å². The van der Waals surface area contributed by atoms with Gasteiger partial charge in [-0.1, -0.05) is 43.8 Å². The van der Waals surface area contributed by atoms with E-state index >= 15 is 0 Å². The summed E-state index contributed by atoms with van der Waals surface area (Å²) in [4.78, 5) is 16.7. The largest absolute Gasteiger partial charge is 0.376 e. The molecule has 1 aromatic carbocycles. The van der Waals surface area contributed by atoms with Crippen LogP contribution in [0.4, 0.5) is 8.78 Å². The van der Waals surface area contributed by atoms with Gasteiger partial charge in [-0.25, -0.2) is 8.78 Å². The van der Waals surface area contributed by atoms with Gasteiger partial charge in [0.15, 0.2) is 13.6 Å². The Bertz CT molecular complexity index is 1030. The highest BCUT2D eigenvalue weighted by molar-refractivity contribution is 14.1. The second kappa shape index (κ2) is 11.7. The van der Waals surface area contributed by atoms with Gasteiger partial charge in [0, 0.05) is 26.3 Å². The fourth-order valence-electron chi connectivity index (χ4n) is 3.97. The lowest BCUT2D eigenvalue weighted by molar-refractivity contribution is -0.127. The Balaban J connectivity index is 1.66. The van der Waals surface area contributed by atoms with Gasteiger partial charge >= 0.3 is 0 Å². The zero-order chi connectivity index (χ0) is 25.8. The second-order valence-electron chi connectivity index (χ2n) is 8.97. The van der Waals surface area contributed by atoms with E-state index in [2.05, 4.69) is 11.9 Å². The molecule has 0 saturated carbocycles. The SMILES string of the molecule is C=C/C(=C\N(C)C[C@](C)(F)I)c1ccc(CN2CC3=C(C2=O)C(OCC(F)(I)CC)NC=C3)cc1. The monoisotopic (exact) mass is 709 g/mol. The van der Waals surface area contributed by atoms with Crippen LogP contribution in [-0.4, -0.2) is 56.0 Å². The third-order valence-electron chi connectivity index (χ3n) is 5.76. The predicted molar refractivity (Wildman–Crippen MR) is 153 cm³/mol. The Hall–Kier alpha value is -1.47. The average Bonchev–Trinajstić information content (AvgIpc) is 3.11. The molecule has 0 radical (unpaired) electrons. The van der Waals surface area contributed by atoms with Crippen molar-refractivity contribution in [2.45, 2.75) is 40.4 Å². The summed E-state index contributed by atoms with van der Waals surface area (Å²) in [6.07, 6.45) is 6.91. The van der Waals surface area contributed by atoms with Crippen LogP contribution in [0, 0.1) is 0 Å². The molecule has 0 saturated heterocycles. The van der Waals surface area contributed by atoms with Gasteiger partial charge in [0.05, 0.1) is 18.7 Å². The second-order valence-corrected chi connectivity index (χ2v) is 13.2. The van der Waals surface area contributed by atoms with Crippen LogP contribution >= 0.6 is 45.2 Å². The average molecular weight is 709 g/mol. The summed E-state index contributed by atoms with van der Waals surface area (Å²) in [7, 11) is 1.83. The van der Waals surface area contributed by atoms with E-state index in [1.54, 1.807) is 69.3 Å². The van der Waals surface area contributed by atoms with Crippen LogP contribution < -0.4 is 5.32 Å². The highest BCUT2D eigenvalue weighted by atomic mass is 127. The fourth-order valence-corrected chi connectivity index (χ4v) is 4.69. The number of carbonyl (C=O) groups is 1. The summed E-state index contributed by atoms with van der Waals surface area (Å²) < 4.78 is 31.2. The highest BCUT2D eigenvalue weighted by Gasteiger charge is 2.37. The van der Waals surface area contributed by atoms with Crippen molar-refractivity contribution in [3.05, 3.63) is 77.7 Å². The zero-order valence-electron chi connectivity index (χ0n) is 20.2. The van der Waals surface area contributed by atoms with E-state index in [1.165, 1.54) is 6.92 Å². The van der Waals surface area contributed by atoms with Gasteiger partial charge in [-0.2, -0.15) is 0 Å². The van der Waals surface area contributed by atoms with Crippen LogP contribution in [0.15, 0.2) is 66.5 Å². The summed E-state index contributed by atoms with van der Waals surface area (Å²) >= 11 is 3.53. The lowest BCUT2D eigenvalue weighted by Crippen LogP contribution is -2.39. The number of hydrogen-bond acceptors (Lipinski definition) is 4. The molecule has 0 aromatic heterocycles. The molecule has 3 rings (SSSR count). The molecule has 2 aliphatic heterocycles. The maximum absolute atomic E-state index is 14.3. The third-order valence-corrected chi connectivity index (χ3v) is 7.18. The first-order chi connectivity index (χ1) is 16.4. The van der Waals surface area contributed by atoms with Crippen molar-refractivity contribution in [2.75, 3.05) is 26.7 Å². The number of allylic oxidation sites excluding steroid dienone is 2. The molecule has 0 fully saturated rings. The van der Waals surface area contributed by atoms with Gasteiger partial charge in [0.25, 0.3) is 5.91 Å². The molecule has 3 atom stereocenters. The number of rotatable bonds is 11. The first-order valence-electron chi connectivity index (χ1n) is 11.4. The minimum atomic E-state index is -1.47. The standard InChI is InChI=1S/C26H31F2I2N3O2/c1-5-19(14-32(4)16-25(3,27)29)20-9-7-18(8-10-20)13-33-15-21-11-12-31-23(22(21)24(33)34)35-17-26(28,30)6-2/h5,7-12,14,23,31H,1,6,13,15-17H2,2-4H3/b19-14+/t23?,25-,26?/m1/s1. The van der Waals surface area contributed by atoms with Crippen molar-refractivity contribution >= 4 is 56.7 Å². The van der Waals surface area contributed by atoms with Crippen molar-refractivity contribution in [3.63, 3.8) is 0 Å². The Morgan fingerprint density at radius 3 is 2.63 bits per heavy atom. The molecule has 2 heterocycles. The molecule has 1 amide bonds. The van der Waals surface area contributed by atoms with Gasteiger partial charge in [-0.15, -0.1) is 0 Å². The minimum Gasteiger partial charge on any atom is -0.376 e. The fraction of sp³-hybridized carbons (Fsp3) is 0.423. The van der Waals surface area contributed by atoms with E-state index < -0.39 is 13.6 Å². The van der Waals surface area contributed by atoms with Gasteiger partial charge < -0.3 is 19.9 Å². The maximum atomic E-state index is 14.3. The topological polar surface area (TPSA) is 44.8 Å². The van der Waals surface area contributed by atoms with Crippen LogP contribution in [0.25, 0.3) is 5.57 Å². The van der Waals surface area contributed by atoms with E-state index in [4.69, 9.17) is 4.74 Å². The van der Waals surface area contributed by atoms with Crippen LogP contribution in [0.3, 0.4) is 0 Å². The van der Waals surface area contributed by atoms with E-state index in [0.717, 1.165) is 22.3 Å². The van der Waals surface area contributed by atoms with Crippen LogP contribution in [-0.2, 0) is 16.1 Å². The van der Waals surface area contributed by atoms with Crippen molar-refractivity contribution < 1.29 is 18.3 Å². The van der Waals surface area contributed by atoms with Crippen LogP contribution in [0.5, 0.6) is 0 Å². The minimum absolute atomic E-state index is 0.0994. The van der Waals surface area contributed by atoms with Gasteiger partial charge in [0.1, 0.15) is 0 Å². The predicted octanol–water partition coefficient (Wildman–Crippen LogP) is 5.88. The molecule has 35 heavy (non-hydrogen) atoms. The number of benzene rings is 1. The molecule has 1 N–H and O–H groups in total. The van der Waals surface area contributed by atoms with Crippen LogP contribution in [0.2, 0.25) is 0 Å². The van der Waals surface area contributed by atoms with E-state index in [-0.39, 0.29) is 19.1 Å². The number of nitrogens with one attached hydrogen (secondary N) is 1. The molecule has 0 bridgehead atoms. The molecule has 9 heteroatoms. The van der Waals surface area contributed by atoms with Crippen LogP contribution in [0.1, 0.15) is 31.4 Å². The Kier molecular flexibility index (Phi) is 9.41. The quantitative estimate of drug-likeness (QED) is 0.178. The molecule has 5 nitrogen and oxygen atoms in total. The number of hydrogen-bond donors (Lipinski definition) is 1. The lowest BCUT2D eigenvalue weighted by atomic mass is 10.0. The first kappa shape index (κ1) is 28.1. The molecular formula is C26H31F2I2N3O2. The Morgan fingerprint density at radius 1 is 1.34 bits per heavy atom. The molecule has 1 aromatic rings. The molecule has 0 spiro atoms.